The lowest BCUT2D eigenvalue weighted by Gasteiger charge is -2.32. The van der Waals surface area contributed by atoms with Crippen LogP contribution in [0, 0.1) is 0 Å². The summed E-state index contributed by atoms with van der Waals surface area (Å²) in [5.74, 6) is -0.135. The van der Waals surface area contributed by atoms with Crippen LogP contribution in [0.25, 0.3) is 0 Å². The highest BCUT2D eigenvalue weighted by Crippen LogP contribution is 2.24. The molecule has 1 aromatic carbocycles. The zero-order valence-electron chi connectivity index (χ0n) is 14.8. The Balaban J connectivity index is 1.70. The van der Waals surface area contributed by atoms with Gasteiger partial charge in [0.15, 0.2) is 0 Å². The van der Waals surface area contributed by atoms with Crippen LogP contribution < -0.4 is 5.32 Å². The molecule has 0 radical (unpaired) electrons. The SMILES string of the molecule is CN(C)C(=O)c1ccc(S(=O)(=O)N2CCC(N3CCNCC3)C2)cc1. The van der Waals surface area contributed by atoms with E-state index in [-0.39, 0.29) is 10.8 Å². The van der Waals surface area contributed by atoms with E-state index in [9.17, 15) is 13.2 Å². The maximum atomic E-state index is 12.9. The van der Waals surface area contributed by atoms with Crippen LogP contribution >= 0.6 is 0 Å². The normalized spacial score (nSPS) is 22.9. The fourth-order valence-electron chi connectivity index (χ4n) is 3.45. The van der Waals surface area contributed by atoms with E-state index in [1.807, 2.05) is 0 Å². The molecule has 1 aromatic rings. The molecule has 7 nitrogen and oxygen atoms in total. The molecular formula is C17H26N4O3S. The van der Waals surface area contributed by atoms with Gasteiger partial charge in [0.1, 0.15) is 0 Å². The van der Waals surface area contributed by atoms with E-state index in [2.05, 4.69) is 10.2 Å². The molecule has 138 valence electrons. The van der Waals surface area contributed by atoms with Crippen LogP contribution in [0.5, 0.6) is 0 Å². The zero-order chi connectivity index (χ0) is 18.0. The smallest absolute Gasteiger partial charge is 0.253 e. The molecule has 0 aromatic heterocycles. The van der Waals surface area contributed by atoms with E-state index >= 15 is 0 Å². The number of benzene rings is 1. The van der Waals surface area contributed by atoms with Gasteiger partial charge >= 0.3 is 0 Å². The van der Waals surface area contributed by atoms with Crippen molar-refractivity contribution in [3.63, 3.8) is 0 Å². The van der Waals surface area contributed by atoms with Crippen molar-refractivity contribution in [1.82, 2.24) is 19.4 Å². The summed E-state index contributed by atoms with van der Waals surface area (Å²) in [5, 5.41) is 3.32. The molecule has 0 bridgehead atoms. The van der Waals surface area contributed by atoms with Gasteiger partial charge in [0.25, 0.3) is 5.91 Å². The lowest BCUT2D eigenvalue weighted by atomic mass is 10.2. The Bertz CT molecular complexity index is 712. The van der Waals surface area contributed by atoms with Crippen molar-refractivity contribution in [3.05, 3.63) is 29.8 Å². The fraction of sp³-hybridized carbons (Fsp3) is 0.588. The molecule has 0 saturated carbocycles. The quantitative estimate of drug-likeness (QED) is 0.816. The van der Waals surface area contributed by atoms with Gasteiger partial charge in [-0.05, 0) is 30.7 Å². The van der Waals surface area contributed by atoms with Crippen LogP contribution in [-0.4, -0.2) is 87.8 Å². The van der Waals surface area contributed by atoms with Crippen molar-refractivity contribution in [2.45, 2.75) is 17.4 Å². The lowest BCUT2D eigenvalue weighted by Crippen LogP contribution is -2.49. The van der Waals surface area contributed by atoms with Crippen molar-refractivity contribution in [2.75, 3.05) is 53.4 Å². The fourth-order valence-corrected chi connectivity index (χ4v) is 4.94. The summed E-state index contributed by atoms with van der Waals surface area (Å²) in [6.45, 7) is 4.96. The van der Waals surface area contributed by atoms with Crippen molar-refractivity contribution < 1.29 is 13.2 Å². The first-order chi connectivity index (χ1) is 11.9. The number of amides is 1. The van der Waals surface area contributed by atoms with Crippen LogP contribution in [0.2, 0.25) is 0 Å². The molecule has 2 saturated heterocycles. The second-order valence-corrected chi connectivity index (χ2v) is 8.75. The van der Waals surface area contributed by atoms with E-state index in [0.29, 0.717) is 24.7 Å². The number of nitrogens with zero attached hydrogens (tertiary/aromatic N) is 3. The van der Waals surface area contributed by atoms with Gasteiger partial charge in [-0.15, -0.1) is 0 Å². The molecule has 2 heterocycles. The number of rotatable bonds is 4. The molecule has 8 heteroatoms. The van der Waals surface area contributed by atoms with Crippen LogP contribution in [-0.2, 0) is 10.0 Å². The third-order valence-electron chi connectivity index (χ3n) is 4.94. The van der Waals surface area contributed by atoms with Crippen molar-refractivity contribution >= 4 is 15.9 Å². The first kappa shape index (κ1) is 18.3. The predicted octanol–water partition coefficient (Wildman–Crippen LogP) is 0.0566. The van der Waals surface area contributed by atoms with Gasteiger partial charge in [0, 0.05) is 65.0 Å². The third kappa shape index (κ3) is 3.87. The third-order valence-corrected chi connectivity index (χ3v) is 6.82. The summed E-state index contributed by atoms with van der Waals surface area (Å²) in [6, 6.07) is 6.53. The highest BCUT2D eigenvalue weighted by molar-refractivity contribution is 7.89. The lowest BCUT2D eigenvalue weighted by molar-refractivity contribution is 0.0827. The monoisotopic (exact) mass is 366 g/mol. The number of carbonyl (C=O) groups is 1. The number of sulfonamides is 1. The molecule has 2 aliphatic heterocycles. The Morgan fingerprint density at radius 1 is 1.12 bits per heavy atom. The van der Waals surface area contributed by atoms with E-state index in [1.54, 1.807) is 30.5 Å². The number of hydrogen-bond acceptors (Lipinski definition) is 5. The molecule has 0 spiro atoms. The standard InChI is InChI=1S/C17H26N4O3S/c1-19(2)17(22)14-3-5-16(6-4-14)25(23,24)21-10-7-15(13-21)20-11-8-18-9-12-20/h3-6,15,18H,7-13H2,1-2H3. The summed E-state index contributed by atoms with van der Waals surface area (Å²) in [4.78, 5) is 16.0. The Morgan fingerprint density at radius 2 is 1.76 bits per heavy atom. The van der Waals surface area contributed by atoms with Crippen LogP contribution in [0.4, 0.5) is 0 Å². The van der Waals surface area contributed by atoms with Crippen LogP contribution in [0.15, 0.2) is 29.2 Å². The molecule has 25 heavy (non-hydrogen) atoms. The van der Waals surface area contributed by atoms with Gasteiger partial charge in [-0.1, -0.05) is 0 Å². The van der Waals surface area contributed by atoms with Crippen molar-refractivity contribution in [3.8, 4) is 0 Å². The highest BCUT2D eigenvalue weighted by atomic mass is 32.2. The van der Waals surface area contributed by atoms with Gasteiger partial charge in [-0.25, -0.2) is 8.42 Å². The van der Waals surface area contributed by atoms with Gasteiger partial charge in [-0.2, -0.15) is 4.31 Å². The maximum Gasteiger partial charge on any atom is 0.253 e. The zero-order valence-corrected chi connectivity index (χ0v) is 15.6. The van der Waals surface area contributed by atoms with E-state index < -0.39 is 10.0 Å². The Kier molecular flexibility index (Phi) is 5.43. The van der Waals surface area contributed by atoms with Gasteiger partial charge in [0.2, 0.25) is 10.0 Å². The number of piperazine rings is 1. The highest BCUT2D eigenvalue weighted by Gasteiger charge is 2.35. The predicted molar refractivity (Wildman–Crippen MR) is 96.1 cm³/mol. The van der Waals surface area contributed by atoms with Gasteiger partial charge < -0.3 is 10.2 Å². The Hall–Kier alpha value is -1.48. The van der Waals surface area contributed by atoms with Gasteiger partial charge in [0.05, 0.1) is 4.90 Å². The Morgan fingerprint density at radius 3 is 2.36 bits per heavy atom. The largest absolute Gasteiger partial charge is 0.345 e. The first-order valence-electron chi connectivity index (χ1n) is 8.66. The van der Waals surface area contributed by atoms with E-state index in [4.69, 9.17) is 0 Å². The minimum absolute atomic E-state index is 0.135. The molecule has 3 rings (SSSR count). The average molecular weight is 366 g/mol. The average Bonchev–Trinajstić information content (AvgIpc) is 3.13. The van der Waals surface area contributed by atoms with E-state index in [0.717, 1.165) is 32.6 Å². The van der Waals surface area contributed by atoms with Crippen molar-refractivity contribution in [1.29, 1.82) is 0 Å². The Labute approximate surface area is 149 Å². The van der Waals surface area contributed by atoms with Gasteiger partial charge in [-0.3, -0.25) is 9.69 Å². The minimum Gasteiger partial charge on any atom is -0.345 e. The summed E-state index contributed by atoms with van der Waals surface area (Å²) >= 11 is 0. The minimum atomic E-state index is -3.51. The van der Waals surface area contributed by atoms with Crippen LogP contribution in [0.1, 0.15) is 16.8 Å². The molecular weight excluding hydrogens is 340 g/mol. The molecule has 2 fully saturated rings. The molecule has 0 aliphatic carbocycles. The summed E-state index contributed by atoms with van der Waals surface area (Å²) in [5.41, 5.74) is 0.490. The summed E-state index contributed by atoms with van der Waals surface area (Å²) in [7, 11) is -0.159. The second kappa shape index (κ2) is 7.41. The molecule has 1 N–H and O–H groups in total. The van der Waals surface area contributed by atoms with Crippen LogP contribution in [0.3, 0.4) is 0 Å². The molecule has 1 atom stereocenters. The maximum absolute atomic E-state index is 12.9. The topological polar surface area (TPSA) is 73.0 Å². The molecule has 2 aliphatic rings. The second-order valence-electron chi connectivity index (χ2n) is 6.82. The van der Waals surface area contributed by atoms with E-state index in [1.165, 1.54) is 17.0 Å². The first-order valence-corrected chi connectivity index (χ1v) is 10.1. The number of carbonyl (C=O) groups excluding carboxylic acids is 1. The molecule has 1 amide bonds. The number of nitrogens with one attached hydrogen (secondary N) is 1. The van der Waals surface area contributed by atoms with Crippen molar-refractivity contribution in [2.24, 2.45) is 0 Å². The summed E-state index contributed by atoms with van der Waals surface area (Å²) in [6.07, 6.45) is 0.871. The summed E-state index contributed by atoms with van der Waals surface area (Å²) < 4.78 is 27.3. The molecule has 1 unspecified atom stereocenters. The number of hydrogen-bond donors (Lipinski definition) is 1.